The van der Waals surface area contributed by atoms with Gasteiger partial charge in [0.15, 0.2) is 10.9 Å². The summed E-state index contributed by atoms with van der Waals surface area (Å²) in [4.78, 5) is 14.5. The van der Waals surface area contributed by atoms with Crippen LogP contribution in [0.25, 0.3) is 0 Å². The molecule has 0 fully saturated rings. The number of allylic oxidation sites excluding steroid dienone is 1. The first kappa shape index (κ1) is 19.0. The van der Waals surface area contributed by atoms with Crippen molar-refractivity contribution in [1.82, 2.24) is 10.2 Å². The average molecular weight is 413 g/mol. The number of halogens is 1. The Kier molecular flexibility index (Phi) is 5.38. The zero-order valence-electron chi connectivity index (χ0n) is 15.6. The molecule has 1 aliphatic carbocycles. The van der Waals surface area contributed by atoms with Crippen LogP contribution in [0, 0.1) is 0 Å². The lowest BCUT2D eigenvalue weighted by Crippen LogP contribution is -2.47. The monoisotopic (exact) mass is 412 g/mol. The molecule has 4 rings (SSSR count). The molecule has 1 aliphatic heterocycles. The number of benzene rings is 2. The van der Waals surface area contributed by atoms with E-state index >= 15 is 0 Å². The minimum Gasteiger partial charge on any atom is -0.489 e. The van der Waals surface area contributed by atoms with E-state index in [1.165, 1.54) is 0 Å². The molecule has 2 aromatic carbocycles. The van der Waals surface area contributed by atoms with Crippen molar-refractivity contribution in [2.75, 3.05) is 7.05 Å². The topological polar surface area (TPSA) is 41.6 Å². The van der Waals surface area contributed by atoms with Gasteiger partial charge in [0, 0.05) is 29.8 Å². The molecule has 1 unspecified atom stereocenters. The summed E-state index contributed by atoms with van der Waals surface area (Å²) in [5.41, 5.74) is 3.91. The molecule has 4 nitrogen and oxygen atoms in total. The number of ether oxygens (including phenoxy) is 1. The maximum atomic E-state index is 12.6. The van der Waals surface area contributed by atoms with Crippen LogP contribution in [0.15, 0.2) is 59.8 Å². The molecule has 0 saturated heterocycles. The Morgan fingerprint density at radius 2 is 2.00 bits per heavy atom. The number of nitrogens with zero attached hydrogens (tertiary/aromatic N) is 1. The number of thiocarbonyl (C=S) groups is 1. The fourth-order valence-corrected chi connectivity index (χ4v) is 4.18. The zero-order chi connectivity index (χ0) is 19.7. The second-order valence-corrected chi connectivity index (χ2v) is 7.89. The van der Waals surface area contributed by atoms with E-state index in [1.54, 1.807) is 0 Å². The van der Waals surface area contributed by atoms with Gasteiger partial charge in [-0.1, -0.05) is 35.9 Å². The summed E-state index contributed by atoms with van der Waals surface area (Å²) < 4.78 is 5.86. The number of hydrogen-bond acceptors (Lipinski definition) is 3. The molecule has 0 radical (unpaired) electrons. The van der Waals surface area contributed by atoms with Gasteiger partial charge in [0.05, 0.1) is 6.04 Å². The first-order valence-electron chi connectivity index (χ1n) is 9.30. The second-order valence-electron chi connectivity index (χ2n) is 7.07. The summed E-state index contributed by atoms with van der Waals surface area (Å²) in [5, 5.41) is 4.67. The van der Waals surface area contributed by atoms with Crippen LogP contribution in [0.2, 0.25) is 5.02 Å². The van der Waals surface area contributed by atoms with E-state index in [0.29, 0.717) is 23.2 Å². The van der Waals surface area contributed by atoms with Crippen LogP contribution in [0.4, 0.5) is 0 Å². The predicted molar refractivity (Wildman–Crippen MR) is 114 cm³/mol. The fourth-order valence-electron chi connectivity index (χ4n) is 3.74. The van der Waals surface area contributed by atoms with Gasteiger partial charge in [-0.25, -0.2) is 0 Å². The van der Waals surface area contributed by atoms with Gasteiger partial charge >= 0.3 is 0 Å². The third-order valence-electron chi connectivity index (χ3n) is 5.20. The van der Waals surface area contributed by atoms with Crippen LogP contribution in [0.3, 0.4) is 0 Å². The van der Waals surface area contributed by atoms with Crippen LogP contribution in [0.1, 0.15) is 36.4 Å². The number of nitrogens with one attached hydrogen (secondary N) is 1. The minimum atomic E-state index is -0.200. The van der Waals surface area contributed by atoms with Crippen LogP contribution >= 0.6 is 23.8 Å². The Morgan fingerprint density at radius 3 is 2.75 bits per heavy atom. The summed E-state index contributed by atoms with van der Waals surface area (Å²) >= 11 is 11.5. The zero-order valence-corrected chi connectivity index (χ0v) is 17.1. The maximum absolute atomic E-state index is 12.6. The van der Waals surface area contributed by atoms with E-state index in [-0.39, 0.29) is 11.8 Å². The van der Waals surface area contributed by atoms with E-state index < -0.39 is 0 Å². The Hall–Kier alpha value is -2.37. The third-order valence-corrected chi connectivity index (χ3v) is 5.83. The molecular formula is C22H21ClN2O2S. The molecule has 0 saturated carbocycles. The molecule has 1 N–H and O–H groups in total. The Balaban J connectivity index is 1.54. The van der Waals surface area contributed by atoms with Gasteiger partial charge in [-0.3, -0.25) is 4.79 Å². The van der Waals surface area contributed by atoms with Gasteiger partial charge in [-0.2, -0.15) is 0 Å². The molecule has 28 heavy (non-hydrogen) atoms. The minimum absolute atomic E-state index is 0.200. The highest BCUT2D eigenvalue weighted by atomic mass is 35.5. The van der Waals surface area contributed by atoms with Crippen molar-refractivity contribution in [3.8, 4) is 5.75 Å². The molecule has 2 aliphatic rings. The summed E-state index contributed by atoms with van der Waals surface area (Å²) in [6.07, 6.45) is 2.36. The van der Waals surface area contributed by atoms with E-state index in [9.17, 15) is 4.79 Å². The second kappa shape index (κ2) is 7.94. The predicted octanol–water partition coefficient (Wildman–Crippen LogP) is 4.79. The van der Waals surface area contributed by atoms with Gasteiger partial charge in [0.1, 0.15) is 12.4 Å². The number of carbonyl (C=O) groups excluding carboxylic acids is 1. The number of carbonyl (C=O) groups is 1. The van der Waals surface area contributed by atoms with Crippen molar-refractivity contribution in [1.29, 1.82) is 0 Å². The highest BCUT2D eigenvalue weighted by Crippen LogP contribution is 2.37. The van der Waals surface area contributed by atoms with Crippen LogP contribution in [-0.2, 0) is 11.4 Å². The fraction of sp³-hybridized carbons (Fsp3) is 0.273. The van der Waals surface area contributed by atoms with Crippen LogP contribution in [-0.4, -0.2) is 22.8 Å². The summed E-state index contributed by atoms with van der Waals surface area (Å²) in [7, 11) is 1.92. The molecule has 144 valence electrons. The summed E-state index contributed by atoms with van der Waals surface area (Å²) in [6, 6.07) is 15.3. The van der Waals surface area contributed by atoms with Gasteiger partial charge in [0.2, 0.25) is 0 Å². The van der Waals surface area contributed by atoms with Crippen molar-refractivity contribution in [3.05, 3.63) is 76.0 Å². The van der Waals surface area contributed by atoms with Gasteiger partial charge in [0.25, 0.3) is 0 Å². The molecule has 0 bridgehead atoms. The lowest BCUT2D eigenvalue weighted by Gasteiger charge is -2.39. The normalized spacial score (nSPS) is 19.4. The van der Waals surface area contributed by atoms with Crippen molar-refractivity contribution in [3.63, 3.8) is 0 Å². The number of rotatable bonds is 4. The maximum Gasteiger partial charge on any atom is 0.173 e. The largest absolute Gasteiger partial charge is 0.489 e. The molecular weight excluding hydrogens is 392 g/mol. The molecule has 6 heteroatoms. The highest BCUT2D eigenvalue weighted by Gasteiger charge is 2.35. The van der Waals surface area contributed by atoms with Crippen molar-refractivity contribution >= 4 is 34.7 Å². The van der Waals surface area contributed by atoms with Gasteiger partial charge in [-0.15, -0.1) is 0 Å². The number of hydrogen-bond donors (Lipinski definition) is 1. The Bertz CT molecular complexity index is 955. The van der Waals surface area contributed by atoms with Gasteiger partial charge < -0.3 is 15.0 Å². The van der Waals surface area contributed by atoms with E-state index in [1.807, 2.05) is 60.5 Å². The first-order chi connectivity index (χ1) is 13.5. The average Bonchev–Trinajstić information content (AvgIpc) is 2.70. The van der Waals surface area contributed by atoms with Crippen molar-refractivity contribution in [2.24, 2.45) is 0 Å². The summed E-state index contributed by atoms with van der Waals surface area (Å²) in [6.45, 7) is 0.449. The SMILES string of the molecule is CN1C(=S)NC(c2ccc(OCc3cccc(Cl)c3)cc2)C2=C1CCCC2=O. The molecule has 0 aromatic heterocycles. The first-order valence-corrected chi connectivity index (χ1v) is 10.1. The quantitative estimate of drug-likeness (QED) is 0.731. The third kappa shape index (κ3) is 3.77. The standard InChI is InChI=1S/C22H21ClN2O2S/c1-25-18-6-3-7-19(26)20(18)21(24-22(25)28)15-8-10-17(11-9-15)27-13-14-4-2-5-16(23)12-14/h2,4-5,8-12,21H,3,6-7,13H2,1H3,(H,24,28). The van der Waals surface area contributed by atoms with Crippen LogP contribution in [0.5, 0.6) is 5.75 Å². The lowest BCUT2D eigenvalue weighted by atomic mass is 9.85. The molecule has 0 spiro atoms. The van der Waals surface area contributed by atoms with E-state index in [0.717, 1.165) is 41.0 Å². The highest BCUT2D eigenvalue weighted by molar-refractivity contribution is 7.80. The van der Waals surface area contributed by atoms with E-state index in [4.69, 9.17) is 28.6 Å². The van der Waals surface area contributed by atoms with E-state index in [2.05, 4.69) is 5.32 Å². The lowest BCUT2D eigenvalue weighted by molar-refractivity contribution is -0.116. The smallest absolute Gasteiger partial charge is 0.173 e. The number of ketones is 1. The molecule has 0 amide bonds. The Labute approximate surface area is 175 Å². The molecule has 1 atom stereocenters. The molecule has 1 heterocycles. The van der Waals surface area contributed by atoms with Gasteiger partial charge in [-0.05, 0) is 60.5 Å². The molecule has 2 aromatic rings. The summed E-state index contributed by atoms with van der Waals surface area (Å²) in [5.74, 6) is 0.970. The Morgan fingerprint density at radius 1 is 1.21 bits per heavy atom. The van der Waals surface area contributed by atoms with Crippen molar-refractivity contribution in [2.45, 2.75) is 31.9 Å². The van der Waals surface area contributed by atoms with Crippen molar-refractivity contribution < 1.29 is 9.53 Å². The van der Waals surface area contributed by atoms with Crippen LogP contribution < -0.4 is 10.1 Å². The number of Topliss-reactive ketones (excluding diaryl/α,β-unsaturated/α-hetero) is 1.